The number of anilines is 1. The first-order chi connectivity index (χ1) is 9.47. The van der Waals surface area contributed by atoms with Crippen molar-refractivity contribution in [3.63, 3.8) is 0 Å². The van der Waals surface area contributed by atoms with E-state index >= 15 is 0 Å². The maximum absolute atomic E-state index is 10.8. The van der Waals surface area contributed by atoms with Crippen LogP contribution in [0.3, 0.4) is 0 Å². The molecule has 1 rings (SSSR count). The van der Waals surface area contributed by atoms with Crippen LogP contribution in [0.25, 0.3) is 0 Å². The molecule has 0 atom stereocenters. The van der Waals surface area contributed by atoms with Crippen LogP contribution in [0.15, 0.2) is 18.2 Å². The topological polar surface area (TPSA) is 59.0 Å². The Labute approximate surface area is 120 Å². The Bertz CT molecular complexity index is 445. The van der Waals surface area contributed by atoms with E-state index in [4.69, 9.17) is 14.6 Å². The van der Waals surface area contributed by atoms with Gasteiger partial charge in [-0.25, -0.2) is 0 Å². The minimum atomic E-state index is -0.800. The molecular weight excluding hydrogens is 258 g/mol. The fraction of sp³-hybridized carbons (Fsp3) is 0.533. The Morgan fingerprint density at radius 1 is 1.30 bits per heavy atom. The molecule has 0 unspecified atom stereocenters. The lowest BCUT2D eigenvalue weighted by Gasteiger charge is -2.28. The van der Waals surface area contributed by atoms with Gasteiger partial charge in [0.05, 0.1) is 26.3 Å². The van der Waals surface area contributed by atoms with Crippen LogP contribution < -0.4 is 14.4 Å². The van der Waals surface area contributed by atoms with Crippen LogP contribution in [0, 0.1) is 5.92 Å². The molecule has 5 heteroatoms. The maximum Gasteiger partial charge on any atom is 0.305 e. The molecule has 0 aliphatic carbocycles. The summed E-state index contributed by atoms with van der Waals surface area (Å²) in [5.74, 6) is 1.03. The summed E-state index contributed by atoms with van der Waals surface area (Å²) >= 11 is 0. The predicted molar refractivity (Wildman–Crippen MR) is 78.8 cm³/mol. The third kappa shape index (κ3) is 4.64. The van der Waals surface area contributed by atoms with Gasteiger partial charge >= 0.3 is 5.97 Å². The number of carboxylic acid groups (broad SMARTS) is 1. The first kappa shape index (κ1) is 16.1. The summed E-state index contributed by atoms with van der Waals surface area (Å²) in [6.45, 7) is 5.43. The van der Waals surface area contributed by atoms with E-state index in [2.05, 4.69) is 13.8 Å². The summed E-state index contributed by atoms with van der Waals surface area (Å²) in [6.07, 6.45) is 0.0991. The first-order valence-electron chi connectivity index (χ1n) is 6.66. The Morgan fingerprint density at radius 3 is 2.50 bits per heavy atom. The first-order valence-corrected chi connectivity index (χ1v) is 6.66. The molecule has 0 bridgehead atoms. The molecule has 0 heterocycles. The van der Waals surface area contributed by atoms with Crippen molar-refractivity contribution < 1.29 is 19.4 Å². The molecule has 0 radical (unpaired) electrons. The molecule has 0 aliphatic heterocycles. The van der Waals surface area contributed by atoms with Crippen molar-refractivity contribution in [2.45, 2.75) is 20.3 Å². The Balaban J connectivity index is 3.01. The number of ether oxygens (including phenoxy) is 2. The van der Waals surface area contributed by atoms with Crippen LogP contribution in [0.1, 0.15) is 20.3 Å². The standard InChI is InChI=1S/C15H23NO4/c1-11(2)10-16(8-7-15(17)18)13-6-5-12(19-3)9-14(13)20-4/h5-6,9,11H,7-8,10H2,1-4H3,(H,17,18). The highest BCUT2D eigenvalue weighted by Crippen LogP contribution is 2.32. The zero-order valence-electron chi connectivity index (χ0n) is 12.5. The average Bonchev–Trinajstić information content (AvgIpc) is 2.42. The van der Waals surface area contributed by atoms with Gasteiger partial charge < -0.3 is 19.5 Å². The van der Waals surface area contributed by atoms with E-state index in [0.29, 0.717) is 24.0 Å². The van der Waals surface area contributed by atoms with Gasteiger partial charge in [0.25, 0.3) is 0 Å². The number of aliphatic carboxylic acids is 1. The molecule has 1 aromatic rings. The number of benzene rings is 1. The van der Waals surface area contributed by atoms with E-state index in [0.717, 1.165) is 12.2 Å². The van der Waals surface area contributed by atoms with Crippen molar-refractivity contribution in [1.82, 2.24) is 0 Å². The quantitative estimate of drug-likeness (QED) is 0.793. The summed E-state index contributed by atoms with van der Waals surface area (Å²) in [7, 11) is 3.20. The zero-order valence-corrected chi connectivity index (χ0v) is 12.5. The van der Waals surface area contributed by atoms with Gasteiger partial charge in [0.1, 0.15) is 11.5 Å². The third-order valence-corrected chi connectivity index (χ3v) is 2.91. The number of carbonyl (C=O) groups is 1. The van der Waals surface area contributed by atoms with Crippen molar-refractivity contribution in [3.05, 3.63) is 18.2 Å². The maximum atomic E-state index is 10.8. The van der Waals surface area contributed by atoms with Crippen molar-refractivity contribution in [1.29, 1.82) is 0 Å². The highest BCUT2D eigenvalue weighted by atomic mass is 16.5. The van der Waals surface area contributed by atoms with Crippen molar-refractivity contribution in [2.24, 2.45) is 5.92 Å². The number of carboxylic acids is 1. The molecule has 0 amide bonds. The predicted octanol–water partition coefficient (Wildman–Crippen LogP) is 2.64. The lowest BCUT2D eigenvalue weighted by molar-refractivity contribution is -0.136. The van der Waals surface area contributed by atoms with E-state index < -0.39 is 5.97 Å². The molecule has 1 N–H and O–H groups in total. The number of methoxy groups -OCH3 is 2. The highest BCUT2D eigenvalue weighted by molar-refractivity contribution is 5.68. The lowest BCUT2D eigenvalue weighted by Crippen LogP contribution is -2.30. The fourth-order valence-corrected chi connectivity index (χ4v) is 2.03. The van der Waals surface area contributed by atoms with Crippen LogP contribution in [0.2, 0.25) is 0 Å². The number of rotatable bonds is 8. The van der Waals surface area contributed by atoms with Gasteiger partial charge in [-0.1, -0.05) is 13.8 Å². The van der Waals surface area contributed by atoms with Crippen LogP contribution >= 0.6 is 0 Å². The molecule has 0 saturated heterocycles. The van der Waals surface area contributed by atoms with Crippen molar-refractivity contribution >= 4 is 11.7 Å². The van der Waals surface area contributed by atoms with Crippen LogP contribution in [0.4, 0.5) is 5.69 Å². The van der Waals surface area contributed by atoms with Gasteiger partial charge in [-0.05, 0) is 18.1 Å². The second-order valence-corrected chi connectivity index (χ2v) is 5.02. The van der Waals surface area contributed by atoms with E-state index in [1.807, 2.05) is 23.1 Å². The number of nitrogens with zero attached hydrogens (tertiary/aromatic N) is 1. The molecule has 5 nitrogen and oxygen atoms in total. The van der Waals surface area contributed by atoms with Gasteiger partial charge in [0, 0.05) is 19.2 Å². The van der Waals surface area contributed by atoms with Gasteiger partial charge in [-0.2, -0.15) is 0 Å². The number of hydrogen-bond donors (Lipinski definition) is 1. The Hall–Kier alpha value is -1.91. The minimum absolute atomic E-state index is 0.0991. The monoisotopic (exact) mass is 281 g/mol. The third-order valence-electron chi connectivity index (χ3n) is 2.91. The fourth-order valence-electron chi connectivity index (χ4n) is 2.03. The lowest BCUT2D eigenvalue weighted by atomic mass is 10.1. The van der Waals surface area contributed by atoms with Gasteiger partial charge in [0.15, 0.2) is 0 Å². The van der Waals surface area contributed by atoms with Crippen molar-refractivity contribution in [3.8, 4) is 11.5 Å². The van der Waals surface area contributed by atoms with E-state index in [1.165, 1.54) is 0 Å². The van der Waals surface area contributed by atoms with Gasteiger partial charge in [-0.15, -0.1) is 0 Å². The molecule has 0 fully saturated rings. The van der Waals surface area contributed by atoms with Gasteiger partial charge in [-0.3, -0.25) is 4.79 Å². The normalized spacial score (nSPS) is 10.4. The molecule has 112 valence electrons. The number of hydrogen-bond acceptors (Lipinski definition) is 4. The molecule has 20 heavy (non-hydrogen) atoms. The molecular formula is C15H23NO4. The molecule has 0 aromatic heterocycles. The largest absolute Gasteiger partial charge is 0.497 e. The van der Waals surface area contributed by atoms with Gasteiger partial charge in [0.2, 0.25) is 0 Å². The van der Waals surface area contributed by atoms with Crippen LogP contribution in [-0.2, 0) is 4.79 Å². The van der Waals surface area contributed by atoms with Crippen LogP contribution in [0.5, 0.6) is 11.5 Å². The zero-order chi connectivity index (χ0) is 15.1. The van der Waals surface area contributed by atoms with E-state index in [9.17, 15) is 4.79 Å². The second-order valence-electron chi connectivity index (χ2n) is 5.02. The highest BCUT2D eigenvalue weighted by Gasteiger charge is 2.15. The SMILES string of the molecule is COc1ccc(N(CCC(=O)O)CC(C)C)c(OC)c1. The smallest absolute Gasteiger partial charge is 0.305 e. The van der Waals surface area contributed by atoms with E-state index in [1.54, 1.807) is 14.2 Å². The van der Waals surface area contributed by atoms with Crippen LogP contribution in [-0.4, -0.2) is 38.4 Å². The Morgan fingerprint density at radius 2 is 2.00 bits per heavy atom. The molecule has 1 aromatic carbocycles. The summed E-state index contributed by atoms with van der Waals surface area (Å²) in [6, 6.07) is 5.57. The summed E-state index contributed by atoms with van der Waals surface area (Å²) < 4.78 is 10.6. The second kappa shape index (κ2) is 7.62. The summed E-state index contributed by atoms with van der Waals surface area (Å²) in [5.41, 5.74) is 0.892. The Kier molecular flexibility index (Phi) is 6.15. The van der Waals surface area contributed by atoms with E-state index in [-0.39, 0.29) is 6.42 Å². The minimum Gasteiger partial charge on any atom is -0.497 e. The van der Waals surface area contributed by atoms with Crippen molar-refractivity contribution in [2.75, 3.05) is 32.2 Å². The average molecular weight is 281 g/mol. The molecule has 0 spiro atoms. The summed E-state index contributed by atoms with van der Waals surface area (Å²) in [4.78, 5) is 12.8. The molecule has 0 saturated carbocycles. The summed E-state index contributed by atoms with van der Waals surface area (Å²) in [5, 5.41) is 8.87. The molecule has 0 aliphatic rings.